The third-order valence-electron chi connectivity index (χ3n) is 1.96. The van der Waals surface area contributed by atoms with Crippen LogP contribution in [0.3, 0.4) is 0 Å². The Hall–Kier alpha value is -0.340. The molecule has 0 aliphatic carbocycles. The molecule has 1 heterocycles. The van der Waals surface area contributed by atoms with Gasteiger partial charge in [0.2, 0.25) is 0 Å². The van der Waals surface area contributed by atoms with E-state index in [0.717, 1.165) is 26.1 Å². The Kier molecular flexibility index (Phi) is 5.04. The zero-order chi connectivity index (χ0) is 8.65. The minimum absolute atomic E-state index is 0.0732. The van der Waals surface area contributed by atoms with E-state index in [0.29, 0.717) is 0 Å². The Morgan fingerprint density at radius 3 is 3.08 bits per heavy atom. The second-order valence-electron chi connectivity index (χ2n) is 3.02. The molecule has 0 spiro atoms. The lowest BCUT2D eigenvalue weighted by molar-refractivity contribution is -0.161. The van der Waals surface area contributed by atoms with Crippen molar-refractivity contribution in [2.75, 3.05) is 13.2 Å². The topological polar surface area (TPSA) is 18.5 Å². The van der Waals surface area contributed by atoms with Crippen molar-refractivity contribution >= 4 is 0 Å². The number of ether oxygens (including phenoxy) is 2. The maximum atomic E-state index is 5.51. The van der Waals surface area contributed by atoms with E-state index in [1.165, 1.54) is 12.8 Å². The Morgan fingerprint density at radius 1 is 1.50 bits per heavy atom. The molecule has 12 heavy (non-hydrogen) atoms. The molecule has 1 aliphatic rings. The lowest BCUT2D eigenvalue weighted by Gasteiger charge is -2.22. The summed E-state index contributed by atoms with van der Waals surface area (Å²) in [6.45, 7) is 3.68. The van der Waals surface area contributed by atoms with Crippen molar-refractivity contribution in [3.05, 3.63) is 12.2 Å². The van der Waals surface area contributed by atoms with Gasteiger partial charge in [0.25, 0.3) is 0 Å². The minimum Gasteiger partial charge on any atom is -0.353 e. The Labute approximate surface area is 74.6 Å². The van der Waals surface area contributed by atoms with Gasteiger partial charge in [0.15, 0.2) is 6.29 Å². The summed E-state index contributed by atoms with van der Waals surface area (Å²) in [4.78, 5) is 0. The zero-order valence-electron chi connectivity index (χ0n) is 7.79. The Bertz CT molecular complexity index is 126. The molecule has 1 atom stereocenters. The molecule has 1 unspecified atom stereocenters. The summed E-state index contributed by atoms with van der Waals surface area (Å²) in [5.74, 6) is 0. The average Bonchev–Trinajstić information content (AvgIpc) is 2.14. The minimum atomic E-state index is 0.0732. The molecule has 0 aromatic heterocycles. The first-order chi connectivity index (χ1) is 5.93. The highest BCUT2D eigenvalue weighted by Gasteiger charge is 2.12. The van der Waals surface area contributed by atoms with E-state index in [9.17, 15) is 0 Å². The summed E-state index contributed by atoms with van der Waals surface area (Å²) in [6, 6.07) is 0. The van der Waals surface area contributed by atoms with Gasteiger partial charge in [-0.15, -0.1) is 0 Å². The van der Waals surface area contributed by atoms with Crippen LogP contribution in [0, 0.1) is 0 Å². The third-order valence-corrected chi connectivity index (χ3v) is 1.96. The molecular weight excluding hydrogens is 152 g/mol. The maximum absolute atomic E-state index is 5.51. The van der Waals surface area contributed by atoms with E-state index in [1.807, 2.05) is 13.0 Å². The molecule has 1 aliphatic heterocycles. The molecule has 2 nitrogen and oxygen atoms in total. The molecule has 1 saturated heterocycles. The highest BCUT2D eigenvalue weighted by atomic mass is 16.7. The first kappa shape index (κ1) is 9.75. The largest absolute Gasteiger partial charge is 0.353 e. The van der Waals surface area contributed by atoms with Crippen LogP contribution in [0.15, 0.2) is 12.2 Å². The zero-order valence-corrected chi connectivity index (χ0v) is 7.79. The van der Waals surface area contributed by atoms with E-state index in [2.05, 4.69) is 6.08 Å². The van der Waals surface area contributed by atoms with Gasteiger partial charge in [0, 0.05) is 6.61 Å². The molecular formula is C10H18O2. The third kappa shape index (κ3) is 3.88. The predicted octanol–water partition coefficient (Wildman–Crippen LogP) is 2.50. The van der Waals surface area contributed by atoms with Crippen molar-refractivity contribution in [2.45, 2.75) is 38.9 Å². The number of rotatable bonds is 4. The molecule has 70 valence electrons. The van der Waals surface area contributed by atoms with Crippen LogP contribution in [0.2, 0.25) is 0 Å². The lowest BCUT2D eigenvalue weighted by Crippen LogP contribution is -2.22. The van der Waals surface area contributed by atoms with Crippen LogP contribution in [0.4, 0.5) is 0 Å². The molecule has 0 saturated carbocycles. The van der Waals surface area contributed by atoms with E-state index < -0.39 is 0 Å². The van der Waals surface area contributed by atoms with Gasteiger partial charge in [-0.3, -0.25) is 0 Å². The first-order valence-electron chi connectivity index (χ1n) is 4.78. The Balaban J connectivity index is 1.97. The maximum Gasteiger partial charge on any atom is 0.157 e. The molecule has 0 amide bonds. The molecule has 0 bridgehead atoms. The molecule has 0 aromatic carbocycles. The van der Waals surface area contributed by atoms with E-state index in [-0.39, 0.29) is 6.29 Å². The fourth-order valence-corrected chi connectivity index (χ4v) is 1.28. The van der Waals surface area contributed by atoms with Gasteiger partial charge in [-0.25, -0.2) is 0 Å². The van der Waals surface area contributed by atoms with Gasteiger partial charge in [-0.1, -0.05) is 12.2 Å². The van der Waals surface area contributed by atoms with Gasteiger partial charge in [-0.05, 0) is 32.6 Å². The summed E-state index contributed by atoms with van der Waals surface area (Å²) in [6.07, 6.45) is 8.73. The van der Waals surface area contributed by atoms with E-state index >= 15 is 0 Å². The lowest BCUT2D eigenvalue weighted by atomic mass is 10.2. The van der Waals surface area contributed by atoms with Crippen LogP contribution >= 0.6 is 0 Å². The molecule has 2 heteroatoms. The quantitative estimate of drug-likeness (QED) is 0.476. The van der Waals surface area contributed by atoms with Gasteiger partial charge in [-0.2, -0.15) is 0 Å². The van der Waals surface area contributed by atoms with Crippen molar-refractivity contribution in [1.29, 1.82) is 0 Å². The van der Waals surface area contributed by atoms with Crippen molar-refractivity contribution < 1.29 is 9.47 Å². The molecule has 0 radical (unpaired) electrons. The average molecular weight is 170 g/mol. The molecule has 1 rings (SSSR count). The van der Waals surface area contributed by atoms with Crippen molar-refractivity contribution in [3.63, 3.8) is 0 Å². The van der Waals surface area contributed by atoms with Crippen molar-refractivity contribution in [2.24, 2.45) is 0 Å². The van der Waals surface area contributed by atoms with E-state index in [1.54, 1.807) is 0 Å². The SMILES string of the molecule is C/C=C/CCOC1CCCCO1. The van der Waals surface area contributed by atoms with Crippen molar-refractivity contribution in [3.8, 4) is 0 Å². The predicted molar refractivity (Wildman–Crippen MR) is 49.0 cm³/mol. The fraction of sp³-hybridized carbons (Fsp3) is 0.800. The summed E-state index contributed by atoms with van der Waals surface area (Å²) in [5.41, 5.74) is 0. The van der Waals surface area contributed by atoms with Gasteiger partial charge in [0.05, 0.1) is 6.61 Å². The molecule has 1 fully saturated rings. The van der Waals surface area contributed by atoms with Crippen LogP contribution in [0.5, 0.6) is 0 Å². The monoisotopic (exact) mass is 170 g/mol. The van der Waals surface area contributed by atoms with E-state index in [4.69, 9.17) is 9.47 Å². The second-order valence-corrected chi connectivity index (χ2v) is 3.02. The number of allylic oxidation sites excluding steroid dienone is 1. The normalized spacial score (nSPS) is 24.9. The first-order valence-corrected chi connectivity index (χ1v) is 4.78. The van der Waals surface area contributed by atoms with Crippen LogP contribution in [-0.2, 0) is 9.47 Å². The summed E-state index contributed by atoms with van der Waals surface area (Å²) in [5, 5.41) is 0. The van der Waals surface area contributed by atoms with Crippen LogP contribution in [0.1, 0.15) is 32.6 Å². The highest BCUT2D eigenvalue weighted by molar-refractivity contribution is 4.76. The van der Waals surface area contributed by atoms with Crippen LogP contribution < -0.4 is 0 Å². The number of hydrogen-bond donors (Lipinski definition) is 0. The van der Waals surface area contributed by atoms with Crippen molar-refractivity contribution in [1.82, 2.24) is 0 Å². The Morgan fingerprint density at radius 2 is 2.42 bits per heavy atom. The second kappa shape index (κ2) is 6.21. The summed E-state index contributed by atoms with van der Waals surface area (Å²) >= 11 is 0. The summed E-state index contributed by atoms with van der Waals surface area (Å²) in [7, 11) is 0. The molecule has 0 aromatic rings. The van der Waals surface area contributed by atoms with Crippen LogP contribution in [0.25, 0.3) is 0 Å². The highest BCUT2D eigenvalue weighted by Crippen LogP contribution is 2.13. The summed E-state index contributed by atoms with van der Waals surface area (Å²) < 4.78 is 10.9. The number of hydrogen-bond acceptors (Lipinski definition) is 2. The standard InChI is InChI=1S/C10H18O2/c1-2-3-5-8-11-10-7-4-6-9-12-10/h2-3,10H,4-9H2,1H3/b3-2+. The van der Waals surface area contributed by atoms with Gasteiger partial charge in [0.1, 0.15) is 0 Å². The van der Waals surface area contributed by atoms with Gasteiger partial charge >= 0.3 is 0 Å². The smallest absolute Gasteiger partial charge is 0.157 e. The fourth-order valence-electron chi connectivity index (χ4n) is 1.28. The van der Waals surface area contributed by atoms with Crippen LogP contribution in [-0.4, -0.2) is 19.5 Å². The van der Waals surface area contributed by atoms with Gasteiger partial charge < -0.3 is 9.47 Å². The molecule has 0 N–H and O–H groups in total.